The van der Waals surface area contributed by atoms with E-state index in [0.29, 0.717) is 0 Å². The van der Waals surface area contributed by atoms with Crippen LogP contribution in [0.25, 0.3) is 10.8 Å². The molecule has 0 aliphatic rings. The summed E-state index contributed by atoms with van der Waals surface area (Å²) in [5.41, 5.74) is 0. The number of pyridine rings is 2. The maximum absolute atomic E-state index is 4.05. The molecule has 2 heterocycles. The fraction of sp³-hybridized carbons (Fsp3) is 0. The highest BCUT2D eigenvalue weighted by Gasteiger charge is 2.02. The average Bonchev–Trinajstić information content (AvgIpc) is 2.04. The predicted octanol–water partition coefficient (Wildman–Crippen LogP) is 3.15. The normalized spacial score (nSPS) is 10.5. The fourth-order valence-corrected chi connectivity index (χ4v) is 2.43. The maximum Gasteiger partial charge on any atom is 0.0449 e. The number of nitrogens with zero attached hydrogens (tertiary/aromatic N) is 2. The Bertz CT molecular complexity index is 392. The van der Waals surface area contributed by atoms with Gasteiger partial charge in [0, 0.05) is 44.5 Å². The van der Waals surface area contributed by atoms with Crippen molar-refractivity contribution in [3.8, 4) is 0 Å². The Morgan fingerprint density at radius 3 is 1.75 bits per heavy atom. The van der Waals surface area contributed by atoms with Crippen LogP contribution in [0.1, 0.15) is 0 Å². The van der Waals surface area contributed by atoms with Crippen LogP contribution in [0.3, 0.4) is 0 Å². The van der Waals surface area contributed by atoms with Gasteiger partial charge in [0.1, 0.15) is 0 Å². The smallest absolute Gasteiger partial charge is 0.0449 e. The van der Waals surface area contributed by atoms with Crippen molar-refractivity contribution in [3.05, 3.63) is 33.7 Å². The number of halogens is 2. The second kappa shape index (κ2) is 3.11. The average molecular weight is 288 g/mol. The van der Waals surface area contributed by atoms with Crippen molar-refractivity contribution in [2.75, 3.05) is 0 Å². The van der Waals surface area contributed by atoms with Crippen LogP contribution in [-0.2, 0) is 0 Å². The number of hydrogen-bond donors (Lipinski definition) is 0. The van der Waals surface area contributed by atoms with E-state index < -0.39 is 0 Å². The number of aromatic nitrogens is 2. The van der Waals surface area contributed by atoms with Gasteiger partial charge in [0.25, 0.3) is 0 Å². The van der Waals surface area contributed by atoms with Gasteiger partial charge in [-0.2, -0.15) is 0 Å². The molecule has 0 N–H and O–H groups in total. The third kappa shape index (κ3) is 1.25. The molecule has 0 aliphatic heterocycles. The first-order valence-electron chi connectivity index (χ1n) is 3.32. The van der Waals surface area contributed by atoms with Gasteiger partial charge in [-0.1, -0.05) is 0 Å². The Hall–Kier alpha value is -0.480. The molecule has 0 aliphatic carbocycles. The molecule has 0 unspecified atom stereocenters. The number of fused-ring (bicyclic) bond motifs is 1. The minimum Gasteiger partial charge on any atom is -0.263 e. The zero-order chi connectivity index (χ0) is 8.55. The minimum absolute atomic E-state index is 0.981. The molecular weight excluding hydrogens is 284 g/mol. The van der Waals surface area contributed by atoms with Crippen molar-refractivity contribution >= 4 is 42.6 Å². The maximum atomic E-state index is 4.05. The summed E-state index contributed by atoms with van der Waals surface area (Å²) in [6.45, 7) is 0. The van der Waals surface area contributed by atoms with Gasteiger partial charge in [-0.3, -0.25) is 9.97 Å². The molecule has 0 spiro atoms. The lowest BCUT2D eigenvalue weighted by molar-refractivity contribution is 1.30. The summed E-state index contributed by atoms with van der Waals surface area (Å²) in [6, 6.07) is 0. The van der Waals surface area contributed by atoms with E-state index in [9.17, 15) is 0 Å². The molecule has 0 saturated heterocycles. The van der Waals surface area contributed by atoms with Gasteiger partial charge in [-0.05, 0) is 31.9 Å². The first-order chi connectivity index (χ1) is 5.79. The zero-order valence-corrected chi connectivity index (χ0v) is 9.13. The molecule has 0 radical (unpaired) electrons. The molecule has 0 amide bonds. The first kappa shape index (κ1) is 8.13. The summed E-state index contributed by atoms with van der Waals surface area (Å²) in [6.07, 6.45) is 7.12. The third-order valence-corrected chi connectivity index (χ3v) is 2.77. The molecule has 12 heavy (non-hydrogen) atoms. The third-order valence-electron chi connectivity index (χ3n) is 1.57. The van der Waals surface area contributed by atoms with E-state index in [2.05, 4.69) is 41.8 Å². The van der Waals surface area contributed by atoms with E-state index in [1.807, 2.05) is 0 Å². The SMILES string of the molecule is Brc1cncc2cncc(Br)c12. The molecule has 0 bridgehead atoms. The van der Waals surface area contributed by atoms with Gasteiger partial charge in [-0.15, -0.1) is 0 Å². The topological polar surface area (TPSA) is 25.8 Å². The van der Waals surface area contributed by atoms with E-state index in [-0.39, 0.29) is 0 Å². The molecule has 2 aromatic rings. The van der Waals surface area contributed by atoms with Gasteiger partial charge in [0.05, 0.1) is 0 Å². The lowest BCUT2D eigenvalue weighted by Gasteiger charge is -2.00. The van der Waals surface area contributed by atoms with Crippen molar-refractivity contribution in [2.45, 2.75) is 0 Å². The van der Waals surface area contributed by atoms with E-state index in [0.717, 1.165) is 19.7 Å². The van der Waals surface area contributed by atoms with Crippen LogP contribution in [0.15, 0.2) is 33.7 Å². The molecule has 2 rings (SSSR count). The van der Waals surface area contributed by atoms with Crippen LogP contribution in [0.4, 0.5) is 0 Å². The van der Waals surface area contributed by atoms with Crippen molar-refractivity contribution in [1.82, 2.24) is 9.97 Å². The van der Waals surface area contributed by atoms with Crippen LogP contribution in [0, 0.1) is 0 Å². The Morgan fingerprint density at radius 2 is 1.33 bits per heavy atom. The summed E-state index contributed by atoms with van der Waals surface area (Å²) in [5, 5.41) is 2.14. The molecule has 4 heteroatoms. The highest BCUT2D eigenvalue weighted by atomic mass is 79.9. The lowest BCUT2D eigenvalue weighted by Crippen LogP contribution is -1.81. The van der Waals surface area contributed by atoms with Gasteiger partial charge in [-0.25, -0.2) is 0 Å². The molecule has 60 valence electrons. The molecule has 0 saturated carbocycles. The van der Waals surface area contributed by atoms with Gasteiger partial charge in [0.2, 0.25) is 0 Å². The number of hydrogen-bond acceptors (Lipinski definition) is 2. The van der Waals surface area contributed by atoms with E-state index in [4.69, 9.17) is 0 Å². The van der Waals surface area contributed by atoms with Crippen LogP contribution in [-0.4, -0.2) is 9.97 Å². The Balaban J connectivity index is 2.96. The molecule has 2 aromatic heterocycles. The number of rotatable bonds is 0. The van der Waals surface area contributed by atoms with Gasteiger partial charge < -0.3 is 0 Å². The lowest BCUT2D eigenvalue weighted by atomic mass is 10.2. The van der Waals surface area contributed by atoms with E-state index >= 15 is 0 Å². The summed E-state index contributed by atoms with van der Waals surface area (Å²) < 4.78 is 1.96. The predicted molar refractivity (Wildman–Crippen MR) is 54.9 cm³/mol. The molecule has 0 atom stereocenters. The van der Waals surface area contributed by atoms with Crippen molar-refractivity contribution < 1.29 is 0 Å². The molecule has 0 fully saturated rings. The monoisotopic (exact) mass is 286 g/mol. The van der Waals surface area contributed by atoms with E-state index in [1.54, 1.807) is 24.8 Å². The highest BCUT2D eigenvalue weighted by Crippen LogP contribution is 2.28. The Labute approximate surface area is 86.3 Å². The van der Waals surface area contributed by atoms with Gasteiger partial charge >= 0.3 is 0 Å². The zero-order valence-electron chi connectivity index (χ0n) is 5.96. The van der Waals surface area contributed by atoms with Crippen molar-refractivity contribution in [3.63, 3.8) is 0 Å². The Morgan fingerprint density at radius 1 is 0.833 bits per heavy atom. The summed E-state index contributed by atoms with van der Waals surface area (Å²) >= 11 is 6.85. The highest BCUT2D eigenvalue weighted by molar-refractivity contribution is 9.11. The van der Waals surface area contributed by atoms with Crippen LogP contribution in [0.2, 0.25) is 0 Å². The molecule has 0 aromatic carbocycles. The second-order valence-electron chi connectivity index (χ2n) is 2.34. The molecular formula is C8H4Br2N2. The largest absolute Gasteiger partial charge is 0.263 e. The summed E-state index contributed by atoms with van der Waals surface area (Å²) in [5.74, 6) is 0. The fourth-order valence-electron chi connectivity index (χ4n) is 1.05. The van der Waals surface area contributed by atoms with Crippen LogP contribution < -0.4 is 0 Å². The first-order valence-corrected chi connectivity index (χ1v) is 4.90. The van der Waals surface area contributed by atoms with Crippen molar-refractivity contribution in [2.24, 2.45) is 0 Å². The standard InChI is InChI=1S/C8H4Br2N2/c9-6-3-11-1-5-2-12-4-7(10)8(5)6/h1-4H. The van der Waals surface area contributed by atoms with E-state index in [1.165, 1.54) is 0 Å². The van der Waals surface area contributed by atoms with Crippen LogP contribution in [0.5, 0.6) is 0 Å². The Kier molecular flexibility index (Phi) is 2.11. The quantitative estimate of drug-likeness (QED) is 0.744. The van der Waals surface area contributed by atoms with Gasteiger partial charge in [0.15, 0.2) is 0 Å². The summed E-state index contributed by atoms with van der Waals surface area (Å²) in [7, 11) is 0. The van der Waals surface area contributed by atoms with Crippen LogP contribution >= 0.6 is 31.9 Å². The second-order valence-corrected chi connectivity index (χ2v) is 4.05. The summed E-state index contributed by atoms with van der Waals surface area (Å²) in [4.78, 5) is 8.09. The minimum atomic E-state index is 0.981. The molecule has 2 nitrogen and oxygen atoms in total. The van der Waals surface area contributed by atoms with Crippen molar-refractivity contribution in [1.29, 1.82) is 0 Å².